The van der Waals surface area contributed by atoms with Crippen LogP contribution in [-0.2, 0) is 0 Å². The number of fused-ring (bicyclic) bond motifs is 1. The minimum absolute atomic E-state index is 0.0579. The molecule has 2 aromatic carbocycles. The van der Waals surface area contributed by atoms with Gasteiger partial charge in [-0.2, -0.15) is 0 Å². The molecule has 0 aliphatic rings. The van der Waals surface area contributed by atoms with Gasteiger partial charge >= 0.3 is 0 Å². The van der Waals surface area contributed by atoms with E-state index in [0.717, 1.165) is 23.0 Å². The number of hydrogen-bond donors (Lipinski definition) is 2. The van der Waals surface area contributed by atoms with Gasteiger partial charge in [0.1, 0.15) is 5.82 Å². The Hall–Kier alpha value is -2.88. The number of anilines is 2. The van der Waals surface area contributed by atoms with Crippen LogP contribution < -0.4 is 10.6 Å². The van der Waals surface area contributed by atoms with Crippen LogP contribution in [0.3, 0.4) is 0 Å². The topological polar surface area (TPSA) is 54.0 Å². The van der Waals surface area contributed by atoms with Crippen LogP contribution in [0.2, 0.25) is 0 Å². The second-order valence-corrected chi connectivity index (χ2v) is 7.91. The number of aromatic nitrogens is 1. The summed E-state index contributed by atoms with van der Waals surface area (Å²) in [7, 11) is 0. The molecule has 3 rings (SSSR count). The molecule has 2 N–H and O–H groups in total. The van der Waals surface area contributed by atoms with E-state index in [9.17, 15) is 4.79 Å². The lowest BCUT2D eigenvalue weighted by Crippen LogP contribution is -2.25. The van der Waals surface area contributed by atoms with Gasteiger partial charge < -0.3 is 10.6 Å². The van der Waals surface area contributed by atoms with Crippen LogP contribution >= 0.6 is 0 Å². The summed E-state index contributed by atoms with van der Waals surface area (Å²) in [5.41, 5.74) is 3.71. The van der Waals surface area contributed by atoms with Crippen LogP contribution in [0, 0.1) is 5.92 Å². The average Bonchev–Trinajstić information content (AvgIpc) is 2.67. The van der Waals surface area contributed by atoms with Gasteiger partial charge in [-0.05, 0) is 48.1 Å². The highest BCUT2D eigenvalue weighted by atomic mass is 16.1. The SMILES string of the molecule is CC(C)CCNC(=O)c1cc(Nc2ccc(C(C)C)cc2)nc2ccccc12. The Balaban J connectivity index is 1.87. The van der Waals surface area contributed by atoms with Crippen LogP contribution in [0.1, 0.15) is 56.0 Å². The number of benzene rings is 2. The Morgan fingerprint density at radius 1 is 1.00 bits per heavy atom. The van der Waals surface area contributed by atoms with Gasteiger partial charge in [0.15, 0.2) is 0 Å². The van der Waals surface area contributed by atoms with E-state index in [0.29, 0.717) is 29.8 Å². The number of pyridine rings is 1. The first-order valence-corrected chi connectivity index (χ1v) is 9.99. The fourth-order valence-corrected chi connectivity index (χ4v) is 3.10. The van der Waals surface area contributed by atoms with Crippen LogP contribution in [0.25, 0.3) is 10.9 Å². The molecule has 0 spiro atoms. The highest BCUT2D eigenvalue weighted by Gasteiger charge is 2.13. The molecule has 0 bridgehead atoms. The van der Waals surface area contributed by atoms with E-state index in [4.69, 9.17) is 0 Å². The summed E-state index contributed by atoms with van der Waals surface area (Å²) in [6, 6.07) is 17.9. The second-order valence-electron chi connectivity index (χ2n) is 7.91. The molecule has 4 heteroatoms. The van der Waals surface area contributed by atoms with Crippen LogP contribution in [0.15, 0.2) is 54.6 Å². The third-order valence-corrected chi connectivity index (χ3v) is 4.82. The number of hydrogen-bond acceptors (Lipinski definition) is 3. The first kappa shape index (κ1) is 19.9. The smallest absolute Gasteiger partial charge is 0.252 e. The fraction of sp³-hybridized carbons (Fsp3) is 0.333. The van der Waals surface area contributed by atoms with Crippen molar-refractivity contribution >= 4 is 28.3 Å². The molecule has 0 aliphatic heterocycles. The van der Waals surface area contributed by atoms with Crippen molar-refractivity contribution in [2.75, 3.05) is 11.9 Å². The summed E-state index contributed by atoms with van der Waals surface area (Å²) in [5.74, 6) is 1.66. The predicted octanol–water partition coefficient (Wildman–Crippen LogP) is 5.88. The number of amides is 1. The summed E-state index contributed by atoms with van der Waals surface area (Å²) in [5, 5.41) is 7.25. The quantitative estimate of drug-likeness (QED) is 0.542. The lowest BCUT2D eigenvalue weighted by molar-refractivity contribution is 0.0953. The van der Waals surface area contributed by atoms with Crippen LogP contribution in [0.5, 0.6) is 0 Å². The molecule has 1 aromatic heterocycles. The Labute approximate surface area is 167 Å². The maximum atomic E-state index is 12.8. The van der Waals surface area contributed by atoms with Crippen molar-refractivity contribution in [3.63, 3.8) is 0 Å². The van der Waals surface area contributed by atoms with E-state index in [2.05, 4.69) is 67.6 Å². The number of carbonyl (C=O) groups is 1. The Kier molecular flexibility index (Phi) is 6.30. The zero-order valence-corrected chi connectivity index (χ0v) is 17.1. The molecule has 0 atom stereocenters. The van der Waals surface area contributed by atoms with Gasteiger partial charge in [0.05, 0.1) is 11.1 Å². The first-order valence-electron chi connectivity index (χ1n) is 9.99. The Bertz CT molecular complexity index is 946. The molecule has 0 saturated carbocycles. The predicted molar refractivity (Wildman–Crippen MR) is 117 cm³/mol. The molecule has 0 radical (unpaired) electrons. The minimum atomic E-state index is -0.0579. The third kappa shape index (κ3) is 4.89. The first-order chi connectivity index (χ1) is 13.4. The standard InChI is InChI=1S/C24H29N3O/c1-16(2)13-14-25-24(28)21-15-23(27-22-8-6-5-7-20(21)22)26-19-11-9-18(10-12-19)17(3)4/h5-12,15-17H,13-14H2,1-4H3,(H,25,28)(H,26,27). The molecule has 146 valence electrons. The van der Waals surface area contributed by atoms with E-state index in [1.165, 1.54) is 5.56 Å². The van der Waals surface area contributed by atoms with Crippen molar-refractivity contribution in [2.45, 2.75) is 40.0 Å². The van der Waals surface area contributed by atoms with Gasteiger partial charge in [-0.25, -0.2) is 4.98 Å². The molecule has 1 amide bonds. The van der Waals surface area contributed by atoms with E-state index < -0.39 is 0 Å². The zero-order valence-electron chi connectivity index (χ0n) is 17.1. The molecule has 28 heavy (non-hydrogen) atoms. The number of rotatable bonds is 7. The molecule has 0 unspecified atom stereocenters. The molecule has 0 saturated heterocycles. The fourth-order valence-electron chi connectivity index (χ4n) is 3.10. The molecule has 3 aromatic rings. The molecule has 1 heterocycles. The molecular formula is C24H29N3O. The highest BCUT2D eigenvalue weighted by Crippen LogP contribution is 2.24. The van der Waals surface area contributed by atoms with Gasteiger partial charge in [-0.3, -0.25) is 4.79 Å². The number of para-hydroxylation sites is 1. The Morgan fingerprint density at radius 2 is 1.71 bits per heavy atom. The van der Waals surface area contributed by atoms with E-state index in [-0.39, 0.29) is 5.91 Å². The van der Waals surface area contributed by atoms with Gasteiger partial charge in [0.25, 0.3) is 5.91 Å². The molecular weight excluding hydrogens is 346 g/mol. The van der Waals surface area contributed by atoms with Crippen molar-refractivity contribution in [2.24, 2.45) is 5.92 Å². The Morgan fingerprint density at radius 3 is 2.39 bits per heavy atom. The normalized spacial score (nSPS) is 11.2. The summed E-state index contributed by atoms with van der Waals surface area (Å²) < 4.78 is 0. The second kappa shape index (κ2) is 8.87. The largest absolute Gasteiger partial charge is 0.352 e. The number of carbonyl (C=O) groups excluding carboxylic acids is 1. The van der Waals surface area contributed by atoms with Crippen molar-refractivity contribution in [1.82, 2.24) is 10.3 Å². The van der Waals surface area contributed by atoms with Crippen molar-refractivity contribution in [1.29, 1.82) is 0 Å². The lowest BCUT2D eigenvalue weighted by atomic mass is 10.0. The molecule has 0 aliphatic carbocycles. The van der Waals surface area contributed by atoms with Crippen LogP contribution in [0.4, 0.5) is 11.5 Å². The maximum Gasteiger partial charge on any atom is 0.252 e. The maximum absolute atomic E-state index is 12.8. The summed E-state index contributed by atoms with van der Waals surface area (Å²) in [6.07, 6.45) is 0.960. The van der Waals surface area contributed by atoms with Gasteiger partial charge in [0.2, 0.25) is 0 Å². The summed E-state index contributed by atoms with van der Waals surface area (Å²) in [6.45, 7) is 9.34. The average molecular weight is 376 g/mol. The third-order valence-electron chi connectivity index (χ3n) is 4.82. The number of nitrogens with zero attached hydrogens (tertiary/aromatic N) is 1. The van der Waals surface area contributed by atoms with Crippen LogP contribution in [-0.4, -0.2) is 17.4 Å². The highest BCUT2D eigenvalue weighted by molar-refractivity contribution is 6.07. The lowest BCUT2D eigenvalue weighted by Gasteiger charge is -2.13. The van der Waals surface area contributed by atoms with Gasteiger partial charge in [-0.15, -0.1) is 0 Å². The number of nitrogens with one attached hydrogen (secondary N) is 2. The summed E-state index contributed by atoms with van der Waals surface area (Å²) in [4.78, 5) is 17.5. The van der Waals surface area contributed by atoms with E-state index >= 15 is 0 Å². The van der Waals surface area contributed by atoms with E-state index in [1.807, 2.05) is 30.3 Å². The van der Waals surface area contributed by atoms with Crippen molar-refractivity contribution in [3.05, 3.63) is 65.7 Å². The summed E-state index contributed by atoms with van der Waals surface area (Å²) >= 11 is 0. The minimum Gasteiger partial charge on any atom is -0.352 e. The van der Waals surface area contributed by atoms with Crippen molar-refractivity contribution in [3.8, 4) is 0 Å². The monoisotopic (exact) mass is 375 g/mol. The van der Waals surface area contributed by atoms with Gasteiger partial charge in [0, 0.05) is 17.6 Å². The van der Waals surface area contributed by atoms with Crippen molar-refractivity contribution < 1.29 is 4.79 Å². The molecule has 4 nitrogen and oxygen atoms in total. The van der Waals surface area contributed by atoms with Gasteiger partial charge in [-0.1, -0.05) is 58.0 Å². The molecule has 0 fully saturated rings. The van der Waals surface area contributed by atoms with E-state index in [1.54, 1.807) is 0 Å². The zero-order chi connectivity index (χ0) is 20.1.